The molecule has 0 spiro atoms. The first kappa shape index (κ1) is 14.3. The molecule has 0 aliphatic rings. The van der Waals surface area contributed by atoms with Gasteiger partial charge in [-0.2, -0.15) is 0 Å². The molecule has 1 aromatic heterocycles. The van der Waals surface area contributed by atoms with Gasteiger partial charge in [-0.1, -0.05) is 11.6 Å². The molecule has 0 atom stereocenters. The summed E-state index contributed by atoms with van der Waals surface area (Å²) >= 11 is 7.32. The average Bonchev–Trinajstić information content (AvgIpc) is 2.76. The first-order valence-corrected chi connectivity index (χ1v) is 8.02. The lowest BCUT2D eigenvalue weighted by molar-refractivity contribution is 0.582. The summed E-state index contributed by atoms with van der Waals surface area (Å²) in [4.78, 5) is 4.88. The Morgan fingerprint density at radius 1 is 1.47 bits per heavy atom. The van der Waals surface area contributed by atoms with Crippen molar-refractivity contribution in [3.63, 3.8) is 0 Å². The third-order valence-electron chi connectivity index (χ3n) is 2.35. The number of benzene rings is 1. The number of rotatable bonds is 4. The van der Waals surface area contributed by atoms with E-state index in [0.29, 0.717) is 5.69 Å². The van der Waals surface area contributed by atoms with Crippen LogP contribution in [0.15, 0.2) is 29.3 Å². The Morgan fingerprint density at radius 2 is 2.21 bits per heavy atom. The number of aryl methyl sites for hydroxylation is 1. The van der Waals surface area contributed by atoms with Gasteiger partial charge in [-0.15, -0.1) is 11.3 Å². The first-order chi connectivity index (χ1) is 8.88. The molecule has 3 N–H and O–H groups in total. The second kappa shape index (κ2) is 5.46. The van der Waals surface area contributed by atoms with Crippen LogP contribution in [0, 0.1) is 6.92 Å². The summed E-state index contributed by atoms with van der Waals surface area (Å²) in [5, 5.41) is 1.03. The van der Waals surface area contributed by atoms with E-state index in [9.17, 15) is 8.42 Å². The molecule has 0 saturated heterocycles. The largest absolute Gasteiger partial charge is 0.399 e. The molecule has 8 heteroatoms. The topological polar surface area (TPSA) is 85.1 Å². The Balaban J connectivity index is 2.20. The number of anilines is 1. The predicted molar refractivity (Wildman–Crippen MR) is 76.7 cm³/mol. The van der Waals surface area contributed by atoms with Gasteiger partial charge in [0.25, 0.3) is 0 Å². The third kappa shape index (κ3) is 3.44. The molecule has 0 saturated carbocycles. The lowest BCUT2D eigenvalue weighted by atomic mass is 10.3. The normalized spacial score (nSPS) is 11.7. The molecule has 0 bridgehead atoms. The van der Waals surface area contributed by atoms with Gasteiger partial charge in [0, 0.05) is 23.3 Å². The number of nitrogens with one attached hydrogen (secondary N) is 1. The maximum Gasteiger partial charge on any atom is 0.242 e. The highest BCUT2D eigenvalue weighted by atomic mass is 35.5. The Morgan fingerprint density at radius 3 is 2.84 bits per heavy atom. The van der Waals surface area contributed by atoms with Crippen LogP contribution >= 0.6 is 22.9 Å². The number of halogens is 1. The van der Waals surface area contributed by atoms with Gasteiger partial charge in [0.15, 0.2) is 0 Å². The van der Waals surface area contributed by atoms with Gasteiger partial charge < -0.3 is 5.73 Å². The van der Waals surface area contributed by atoms with E-state index < -0.39 is 10.0 Å². The summed E-state index contributed by atoms with van der Waals surface area (Å²) in [6.07, 6.45) is 1.64. The molecule has 0 aliphatic heterocycles. The Hall–Kier alpha value is -1.15. The highest BCUT2D eigenvalue weighted by molar-refractivity contribution is 7.89. The van der Waals surface area contributed by atoms with Crippen molar-refractivity contribution >= 4 is 38.6 Å². The molecule has 0 amide bonds. The fourth-order valence-corrected chi connectivity index (χ4v) is 3.82. The van der Waals surface area contributed by atoms with Gasteiger partial charge in [-0.05, 0) is 25.1 Å². The summed E-state index contributed by atoms with van der Waals surface area (Å²) in [6, 6.07) is 4.35. The molecule has 0 unspecified atom stereocenters. The molecular weight excluding hydrogens is 306 g/mol. The lowest BCUT2D eigenvalue weighted by Crippen LogP contribution is -2.23. The molecule has 102 valence electrons. The van der Waals surface area contributed by atoms with Crippen LogP contribution in [-0.4, -0.2) is 13.4 Å². The fraction of sp³-hybridized carbons (Fsp3) is 0.182. The maximum atomic E-state index is 12.1. The van der Waals surface area contributed by atoms with E-state index in [0.717, 1.165) is 9.88 Å². The van der Waals surface area contributed by atoms with Crippen molar-refractivity contribution in [2.45, 2.75) is 18.4 Å². The van der Waals surface area contributed by atoms with Crippen LogP contribution < -0.4 is 10.5 Å². The minimum absolute atomic E-state index is 0.0181. The SMILES string of the molecule is Cc1ncc(CNS(=O)(=O)c2cc(N)ccc2Cl)s1. The number of nitrogen functional groups attached to an aromatic ring is 1. The predicted octanol–water partition coefficient (Wildman–Crippen LogP) is 2.17. The van der Waals surface area contributed by atoms with Crippen LogP contribution in [0.5, 0.6) is 0 Å². The zero-order chi connectivity index (χ0) is 14.0. The van der Waals surface area contributed by atoms with Crippen molar-refractivity contribution in [1.82, 2.24) is 9.71 Å². The summed E-state index contributed by atoms with van der Waals surface area (Å²) < 4.78 is 26.7. The summed E-state index contributed by atoms with van der Waals surface area (Å²) in [6.45, 7) is 2.04. The summed E-state index contributed by atoms with van der Waals surface area (Å²) in [5.41, 5.74) is 5.92. The molecule has 0 radical (unpaired) electrons. The van der Waals surface area contributed by atoms with Crippen molar-refractivity contribution in [2.24, 2.45) is 0 Å². The first-order valence-electron chi connectivity index (χ1n) is 5.34. The minimum Gasteiger partial charge on any atom is -0.399 e. The molecule has 19 heavy (non-hydrogen) atoms. The number of sulfonamides is 1. The van der Waals surface area contributed by atoms with E-state index in [4.69, 9.17) is 17.3 Å². The second-order valence-corrected chi connectivity index (χ2v) is 7.32. The second-order valence-electron chi connectivity index (χ2n) is 3.86. The molecular formula is C11H12ClN3O2S2. The van der Waals surface area contributed by atoms with Crippen molar-refractivity contribution in [2.75, 3.05) is 5.73 Å². The van der Waals surface area contributed by atoms with E-state index in [-0.39, 0.29) is 16.5 Å². The van der Waals surface area contributed by atoms with Gasteiger partial charge in [0.2, 0.25) is 10.0 Å². The molecule has 1 aromatic carbocycles. The van der Waals surface area contributed by atoms with Gasteiger partial charge in [-0.25, -0.2) is 18.1 Å². The van der Waals surface area contributed by atoms with Crippen LogP contribution in [0.2, 0.25) is 5.02 Å². The number of hydrogen-bond donors (Lipinski definition) is 2. The molecule has 2 rings (SSSR count). The Kier molecular flexibility index (Phi) is 4.10. The van der Waals surface area contributed by atoms with Crippen LogP contribution in [0.1, 0.15) is 9.88 Å². The third-order valence-corrected chi connectivity index (χ3v) is 5.15. The van der Waals surface area contributed by atoms with E-state index >= 15 is 0 Å². The lowest BCUT2D eigenvalue weighted by Gasteiger charge is -2.08. The number of hydrogen-bond acceptors (Lipinski definition) is 5. The van der Waals surface area contributed by atoms with Crippen LogP contribution in [0.4, 0.5) is 5.69 Å². The van der Waals surface area contributed by atoms with Crippen LogP contribution in [0.3, 0.4) is 0 Å². The standard InChI is InChI=1S/C11H12ClN3O2S2/c1-7-14-5-9(18-7)6-15-19(16,17)11-4-8(13)2-3-10(11)12/h2-5,15H,6,13H2,1H3. The maximum absolute atomic E-state index is 12.1. The Labute approximate surface area is 120 Å². The minimum atomic E-state index is -3.69. The van der Waals surface area contributed by atoms with Gasteiger partial charge in [0.1, 0.15) is 4.90 Å². The van der Waals surface area contributed by atoms with Gasteiger partial charge in [0.05, 0.1) is 10.0 Å². The van der Waals surface area contributed by atoms with E-state index in [1.807, 2.05) is 6.92 Å². The quantitative estimate of drug-likeness (QED) is 0.846. The smallest absolute Gasteiger partial charge is 0.242 e. The van der Waals surface area contributed by atoms with E-state index in [2.05, 4.69) is 9.71 Å². The highest BCUT2D eigenvalue weighted by Gasteiger charge is 2.18. The van der Waals surface area contributed by atoms with E-state index in [1.54, 1.807) is 12.3 Å². The number of nitrogens with two attached hydrogens (primary N) is 1. The average molecular weight is 318 g/mol. The Bertz CT molecular complexity index is 698. The van der Waals surface area contributed by atoms with Gasteiger partial charge >= 0.3 is 0 Å². The molecule has 2 aromatic rings. The van der Waals surface area contributed by atoms with Crippen molar-refractivity contribution < 1.29 is 8.42 Å². The monoisotopic (exact) mass is 317 g/mol. The molecule has 1 heterocycles. The van der Waals surface area contributed by atoms with Crippen molar-refractivity contribution in [3.8, 4) is 0 Å². The zero-order valence-electron chi connectivity index (χ0n) is 10.1. The molecule has 0 aliphatic carbocycles. The van der Waals surface area contributed by atoms with Gasteiger partial charge in [-0.3, -0.25) is 0 Å². The van der Waals surface area contributed by atoms with Crippen molar-refractivity contribution in [1.29, 1.82) is 0 Å². The number of aromatic nitrogens is 1. The summed E-state index contributed by atoms with van der Waals surface area (Å²) in [5.74, 6) is 0. The van der Waals surface area contributed by atoms with Crippen molar-refractivity contribution in [3.05, 3.63) is 39.3 Å². The zero-order valence-corrected chi connectivity index (χ0v) is 12.4. The summed E-state index contributed by atoms with van der Waals surface area (Å²) in [7, 11) is -3.69. The fourth-order valence-electron chi connectivity index (χ4n) is 1.46. The number of thiazole rings is 1. The number of nitrogens with zero attached hydrogens (tertiary/aromatic N) is 1. The van der Waals surface area contributed by atoms with Crippen LogP contribution in [0.25, 0.3) is 0 Å². The van der Waals surface area contributed by atoms with Crippen LogP contribution in [-0.2, 0) is 16.6 Å². The highest BCUT2D eigenvalue weighted by Crippen LogP contribution is 2.24. The van der Waals surface area contributed by atoms with E-state index in [1.165, 1.54) is 23.5 Å². The molecule has 0 fully saturated rings. The molecule has 5 nitrogen and oxygen atoms in total.